The third-order valence-electron chi connectivity index (χ3n) is 3.61. The molecule has 1 saturated heterocycles. The maximum atomic E-state index is 11.6. The van der Waals surface area contributed by atoms with E-state index in [2.05, 4.69) is 5.32 Å². The van der Waals surface area contributed by atoms with Crippen molar-refractivity contribution in [2.24, 2.45) is 17.8 Å². The van der Waals surface area contributed by atoms with Gasteiger partial charge in [0.15, 0.2) is 0 Å². The van der Waals surface area contributed by atoms with Crippen LogP contribution in [-0.4, -0.2) is 25.7 Å². The highest BCUT2D eigenvalue weighted by molar-refractivity contribution is 5.85. The smallest absolute Gasteiger partial charge is 0.310 e. The SMILES string of the molecule is CCOC(=O)[C@H]1CNC[C@@H]1C1CCC1.Cl. The minimum absolute atomic E-state index is 0. The molecule has 15 heavy (non-hydrogen) atoms. The number of carbonyl (C=O) groups is 1. The molecule has 0 aromatic heterocycles. The van der Waals surface area contributed by atoms with E-state index in [0.717, 1.165) is 19.0 Å². The van der Waals surface area contributed by atoms with Crippen molar-refractivity contribution in [3.63, 3.8) is 0 Å². The predicted octanol–water partition coefficient (Wildman–Crippen LogP) is 1.61. The third kappa shape index (κ3) is 2.64. The van der Waals surface area contributed by atoms with Gasteiger partial charge in [0, 0.05) is 6.54 Å². The van der Waals surface area contributed by atoms with Crippen molar-refractivity contribution in [1.82, 2.24) is 5.32 Å². The van der Waals surface area contributed by atoms with Gasteiger partial charge in [0.2, 0.25) is 0 Å². The van der Waals surface area contributed by atoms with E-state index in [-0.39, 0.29) is 24.3 Å². The molecule has 1 saturated carbocycles. The number of hydrogen-bond acceptors (Lipinski definition) is 3. The number of esters is 1. The van der Waals surface area contributed by atoms with E-state index in [1.165, 1.54) is 19.3 Å². The van der Waals surface area contributed by atoms with E-state index < -0.39 is 0 Å². The molecular formula is C11H20ClNO2. The molecule has 0 spiro atoms. The topological polar surface area (TPSA) is 38.3 Å². The van der Waals surface area contributed by atoms with Gasteiger partial charge in [0.05, 0.1) is 12.5 Å². The molecule has 88 valence electrons. The lowest BCUT2D eigenvalue weighted by atomic mass is 9.72. The first-order valence-electron chi connectivity index (χ1n) is 5.70. The van der Waals surface area contributed by atoms with Gasteiger partial charge in [-0.3, -0.25) is 4.79 Å². The molecule has 2 aliphatic rings. The van der Waals surface area contributed by atoms with Gasteiger partial charge in [-0.05, 0) is 25.3 Å². The Morgan fingerprint density at radius 3 is 2.67 bits per heavy atom. The van der Waals surface area contributed by atoms with E-state index >= 15 is 0 Å². The molecule has 4 heteroatoms. The Kier molecular flexibility index (Phi) is 4.87. The van der Waals surface area contributed by atoms with Gasteiger partial charge in [-0.2, -0.15) is 0 Å². The van der Waals surface area contributed by atoms with Crippen LogP contribution in [0, 0.1) is 17.8 Å². The number of carbonyl (C=O) groups excluding carboxylic acids is 1. The molecule has 0 radical (unpaired) electrons. The summed E-state index contributed by atoms with van der Waals surface area (Å²) in [5.41, 5.74) is 0. The van der Waals surface area contributed by atoms with Gasteiger partial charge in [0.1, 0.15) is 0 Å². The Hall–Kier alpha value is -0.280. The normalized spacial score (nSPS) is 30.5. The lowest BCUT2D eigenvalue weighted by Crippen LogP contribution is -2.33. The molecule has 0 amide bonds. The summed E-state index contributed by atoms with van der Waals surface area (Å²) in [5, 5.41) is 3.31. The molecule has 0 bridgehead atoms. The summed E-state index contributed by atoms with van der Waals surface area (Å²) >= 11 is 0. The number of nitrogens with one attached hydrogen (secondary N) is 1. The monoisotopic (exact) mass is 233 g/mol. The summed E-state index contributed by atoms with van der Waals surface area (Å²) in [7, 11) is 0. The zero-order valence-electron chi connectivity index (χ0n) is 9.20. The van der Waals surface area contributed by atoms with Crippen LogP contribution < -0.4 is 5.32 Å². The molecule has 0 aromatic rings. The average Bonchev–Trinajstić information content (AvgIpc) is 2.50. The number of ether oxygens (including phenoxy) is 1. The van der Waals surface area contributed by atoms with E-state index in [9.17, 15) is 4.79 Å². The first-order chi connectivity index (χ1) is 6.83. The van der Waals surface area contributed by atoms with Gasteiger partial charge >= 0.3 is 5.97 Å². The molecule has 0 unspecified atom stereocenters. The summed E-state index contributed by atoms with van der Waals surface area (Å²) < 4.78 is 5.10. The van der Waals surface area contributed by atoms with Crippen molar-refractivity contribution >= 4 is 18.4 Å². The Morgan fingerprint density at radius 1 is 1.40 bits per heavy atom. The molecule has 1 aliphatic carbocycles. The second kappa shape index (κ2) is 5.71. The number of hydrogen-bond donors (Lipinski definition) is 1. The summed E-state index contributed by atoms with van der Waals surface area (Å²) in [5.74, 6) is 1.46. The van der Waals surface area contributed by atoms with Crippen molar-refractivity contribution in [3.8, 4) is 0 Å². The van der Waals surface area contributed by atoms with E-state index in [1.807, 2.05) is 6.92 Å². The molecule has 1 heterocycles. The Balaban J connectivity index is 0.00000112. The fourth-order valence-electron chi connectivity index (χ4n) is 2.57. The number of halogens is 1. The lowest BCUT2D eigenvalue weighted by molar-refractivity contribution is -0.149. The van der Waals surface area contributed by atoms with Crippen molar-refractivity contribution in [2.45, 2.75) is 26.2 Å². The summed E-state index contributed by atoms with van der Waals surface area (Å²) in [6, 6.07) is 0. The van der Waals surface area contributed by atoms with E-state index in [1.54, 1.807) is 0 Å². The second-order valence-corrected chi connectivity index (χ2v) is 4.37. The van der Waals surface area contributed by atoms with Crippen molar-refractivity contribution < 1.29 is 9.53 Å². The van der Waals surface area contributed by atoms with Crippen LogP contribution in [0.3, 0.4) is 0 Å². The zero-order valence-corrected chi connectivity index (χ0v) is 10.0. The Morgan fingerprint density at radius 2 is 2.13 bits per heavy atom. The minimum atomic E-state index is 0. The van der Waals surface area contributed by atoms with Gasteiger partial charge in [-0.1, -0.05) is 19.3 Å². The number of rotatable bonds is 3. The average molecular weight is 234 g/mol. The second-order valence-electron chi connectivity index (χ2n) is 4.37. The molecule has 2 fully saturated rings. The Labute approximate surface area is 97.4 Å². The van der Waals surface area contributed by atoms with Crippen LogP contribution in [0.4, 0.5) is 0 Å². The summed E-state index contributed by atoms with van der Waals surface area (Å²) in [4.78, 5) is 11.6. The molecule has 2 rings (SSSR count). The fourth-order valence-corrected chi connectivity index (χ4v) is 2.57. The van der Waals surface area contributed by atoms with E-state index in [0.29, 0.717) is 12.5 Å². The van der Waals surface area contributed by atoms with Crippen molar-refractivity contribution in [1.29, 1.82) is 0 Å². The Bertz CT molecular complexity index is 219. The standard InChI is InChI=1S/C11H19NO2.ClH/c1-2-14-11(13)10-7-12-6-9(10)8-4-3-5-8;/h8-10,12H,2-7H2,1H3;1H/t9-,10+;/m1./s1. The summed E-state index contributed by atoms with van der Waals surface area (Å²) in [6.45, 7) is 4.21. The quantitative estimate of drug-likeness (QED) is 0.753. The molecular weight excluding hydrogens is 214 g/mol. The third-order valence-corrected chi connectivity index (χ3v) is 3.61. The van der Waals surface area contributed by atoms with Crippen LogP contribution in [0.2, 0.25) is 0 Å². The molecule has 1 aliphatic heterocycles. The highest BCUT2D eigenvalue weighted by Crippen LogP contribution is 2.39. The molecule has 0 aromatic carbocycles. The summed E-state index contributed by atoms with van der Waals surface area (Å²) in [6.07, 6.45) is 3.96. The maximum absolute atomic E-state index is 11.6. The van der Waals surface area contributed by atoms with E-state index in [4.69, 9.17) is 4.74 Å². The van der Waals surface area contributed by atoms with Crippen LogP contribution >= 0.6 is 12.4 Å². The maximum Gasteiger partial charge on any atom is 0.310 e. The van der Waals surface area contributed by atoms with Crippen LogP contribution in [0.1, 0.15) is 26.2 Å². The fraction of sp³-hybridized carbons (Fsp3) is 0.909. The van der Waals surface area contributed by atoms with Gasteiger partial charge in [-0.25, -0.2) is 0 Å². The van der Waals surface area contributed by atoms with Crippen molar-refractivity contribution in [2.75, 3.05) is 19.7 Å². The van der Waals surface area contributed by atoms with Gasteiger partial charge in [-0.15, -0.1) is 12.4 Å². The largest absolute Gasteiger partial charge is 0.466 e. The predicted molar refractivity (Wildman–Crippen MR) is 61.1 cm³/mol. The molecule has 3 nitrogen and oxygen atoms in total. The molecule has 2 atom stereocenters. The lowest BCUT2D eigenvalue weighted by Gasteiger charge is -2.33. The van der Waals surface area contributed by atoms with Crippen LogP contribution in [-0.2, 0) is 9.53 Å². The van der Waals surface area contributed by atoms with Gasteiger partial charge < -0.3 is 10.1 Å². The molecule has 1 N–H and O–H groups in total. The van der Waals surface area contributed by atoms with Crippen LogP contribution in [0.25, 0.3) is 0 Å². The first kappa shape index (κ1) is 12.8. The van der Waals surface area contributed by atoms with Gasteiger partial charge in [0.25, 0.3) is 0 Å². The minimum Gasteiger partial charge on any atom is -0.466 e. The zero-order chi connectivity index (χ0) is 9.97. The van der Waals surface area contributed by atoms with Crippen LogP contribution in [0.15, 0.2) is 0 Å². The highest BCUT2D eigenvalue weighted by Gasteiger charge is 2.40. The first-order valence-corrected chi connectivity index (χ1v) is 5.70. The van der Waals surface area contributed by atoms with Crippen LogP contribution in [0.5, 0.6) is 0 Å². The highest BCUT2D eigenvalue weighted by atomic mass is 35.5. The van der Waals surface area contributed by atoms with Crippen molar-refractivity contribution in [3.05, 3.63) is 0 Å².